The van der Waals surface area contributed by atoms with E-state index in [4.69, 9.17) is 21.0 Å². The number of nitrogens with one attached hydrogen (secondary N) is 1. The van der Waals surface area contributed by atoms with Crippen molar-refractivity contribution in [3.63, 3.8) is 0 Å². The number of fused-ring (bicyclic) bond motifs is 2. The fourth-order valence-electron chi connectivity index (χ4n) is 3.56. The first-order chi connectivity index (χ1) is 12.8. The minimum atomic E-state index is 0.661. The van der Waals surface area contributed by atoms with Crippen LogP contribution in [0, 0.1) is 0 Å². The van der Waals surface area contributed by atoms with Crippen molar-refractivity contribution in [3.05, 3.63) is 70.8 Å². The molecule has 0 saturated carbocycles. The van der Waals surface area contributed by atoms with E-state index in [-0.39, 0.29) is 0 Å². The Kier molecular flexibility index (Phi) is 3.76. The molecular formula is C20H17ClN4O. The summed E-state index contributed by atoms with van der Waals surface area (Å²) in [5.41, 5.74) is 4.68. The van der Waals surface area contributed by atoms with Gasteiger partial charge in [-0.25, -0.2) is 9.97 Å². The summed E-state index contributed by atoms with van der Waals surface area (Å²) >= 11 is 6.16. The minimum Gasteiger partial charge on any atom is -0.461 e. The van der Waals surface area contributed by atoms with Crippen LogP contribution in [0.2, 0.25) is 5.02 Å². The maximum atomic E-state index is 6.16. The van der Waals surface area contributed by atoms with Gasteiger partial charge < -0.3 is 9.40 Å². The van der Waals surface area contributed by atoms with Gasteiger partial charge in [-0.1, -0.05) is 11.6 Å². The molecular weight excluding hydrogens is 348 g/mol. The number of aromatic nitrogens is 3. The summed E-state index contributed by atoms with van der Waals surface area (Å²) < 4.78 is 5.40. The topological polar surface area (TPSA) is 58.0 Å². The third-order valence-electron chi connectivity index (χ3n) is 4.88. The SMILES string of the molecule is Clc1ccc2[nH]cc(CN3CCc4nc(-c5ccco5)ncc4C3)c2c1. The molecule has 0 aliphatic carbocycles. The quantitative estimate of drug-likeness (QED) is 0.584. The highest BCUT2D eigenvalue weighted by Gasteiger charge is 2.20. The summed E-state index contributed by atoms with van der Waals surface area (Å²) in [6, 6.07) is 9.71. The average Bonchev–Trinajstić information content (AvgIpc) is 3.32. The fourth-order valence-corrected chi connectivity index (χ4v) is 3.73. The standard InChI is InChI=1S/C20H17ClN4O/c21-15-3-4-18-16(8-15)13(9-22-18)11-25-6-5-17-14(12-25)10-23-20(24-17)19-2-1-7-26-19/h1-4,7-10,22H,5-6,11-12H2. The normalized spacial score (nSPS) is 14.7. The van der Waals surface area contributed by atoms with E-state index in [2.05, 4.69) is 21.1 Å². The minimum absolute atomic E-state index is 0.661. The maximum Gasteiger partial charge on any atom is 0.195 e. The first kappa shape index (κ1) is 15.6. The van der Waals surface area contributed by atoms with Crippen molar-refractivity contribution >= 4 is 22.5 Å². The van der Waals surface area contributed by atoms with E-state index in [1.807, 2.05) is 36.5 Å². The Hall–Kier alpha value is -2.63. The van der Waals surface area contributed by atoms with Gasteiger partial charge in [-0.2, -0.15) is 0 Å². The second kappa shape index (κ2) is 6.27. The van der Waals surface area contributed by atoms with E-state index >= 15 is 0 Å². The molecule has 0 atom stereocenters. The highest BCUT2D eigenvalue weighted by molar-refractivity contribution is 6.31. The summed E-state index contributed by atoms with van der Waals surface area (Å²) in [5, 5.41) is 1.95. The summed E-state index contributed by atoms with van der Waals surface area (Å²) in [5.74, 6) is 1.37. The number of rotatable bonds is 3. The molecule has 4 heterocycles. The lowest BCUT2D eigenvalue weighted by Gasteiger charge is -2.27. The van der Waals surface area contributed by atoms with Gasteiger partial charge in [-0.05, 0) is 35.9 Å². The van der Waals surface area contributed by atoms with Crippen molar-refractivity contribution < 1.29 is 4.42 Å². The Labute approximate surface area is 155 Å². The van der Waals surface area contributed by atoms with Crippen LogP contribution in [0.3, 0.4) is 0 Å². The highest BCUT2D eigenvalue weighted by Crippen LogP contribution is 2.26. The van der Waals surface area contributed by atoms with Gasteiger partial charge >= 0.3 is 0 Å². The van der Waals surface area contributed by atoms with Crippen LogP contribution < -0.4 is 0 Å². The number of H-pyrrole nitrogens is 1. The van der Waals surface area contributed by atoms with Gasteiger partial charge in [-0.3, -0.25) is 4.90 Å². The molecule has 5 rings (SSSR count). The molecule has 1 N–H and O–H groups in total. The molecule has 1 aromatic carbocycles. The van der Waals surface area contributed by atoms with E-state index < -0.39 is 0 Å². The lowest BCUT2D eigenvalue weighted by atomic mass is 10.1. The number of furan rings is 1. The van der Waals surface area contributed by atoms with Gasteiger partial charge in [0.2, 0.25) is 0 Å². The van der Waals surface area contributed by atoms with Crippen molar-refractivity contribution in [2.75, 3.05) is 6.54 Å². The summed E-state index contributed by atoms with van der Waals surface area (Å²) in [6.07, 6.45) is 6.56. The second-order valence-electron chi connectivity index (χ2n) is 6.61. The van der Waals surface area contributed by atoms with E-state index in [0.717, 1.165) is 42.3 Å². The Morgan fingerprint density at radius 2 is 2.23 bits per heavy atom. The second-order valence-corrected chi connectivity index (χ2v) is 7.04. The predicted molar refractivity (Wildman–Crippen MR) is 101 cm³/mol. The smallest absolute Gasteiger partial charge is 0.195 e. The third kappa shape index (κ3) is 2.79. The van der Waals surface area contributed by atoms with Gasteiger partial charge in [0.1, 0.15) is 0 Å². The Balaban J connectivity index is 1.38. The first-order valence-electron chi connectivity index (χ1n) is 8.63. The van der Waals surface area contributed by atoms with Gasteiger partial charge in [0, 0.05) is 59.9 Å². The lowest BCUT2D eigenvalue weighted by Crippen LogP contribution is -2.30. The van der Waals surface area contributed by atoms with Crippen LogP contribution in [0.25, 0.3) is 22.5 Å². The highest BCUT2D eigenvalue weighted by atomic mass is 35.5. The lowest BCUT2D eigenvalue weighted by molar-refractivity contribution is 0.244. The Bertz CT molecular complexity index is 1070. The molecule has 0 fully saturated rings. The zero-order valence-corrected chi connectivity index (χ0v) is 14.8. The summed E-state index contributed by atoms with van der Waals surface area (Å²) in [4.78, 5) is 14.9. The Morgan fingerprint density at radius 1 is 1.27 bits per heavy atom. The van der Waals surface area contributed by atoms with Crippen molar-refractivity contribution in [2.45, 2.75) is 19.5 Å². The largest absolute Gasteiger partial charge is 0.461 e. The van der Waals surface area contributed by atoms with E-state index in [9.17, 15) is 0 Å². The van der Waals surface area contributed by atoms with Crippen LogP contribution in [0.4, 0.5) is 0 Å². The van der Waals surface area contributed by atoms with Crippen molar-refractivity contribution in [2.24, 2.45) is 0 Å². The molecule has 0 unspecified atom stereocenters. The van der Waals surface area contributed by atoms with Crippen molar-refractivity contribution in [3.8, 4) is 11.6 Å². The molecule has 1 aliphatic heterocycles. The number of aromatic amines is 1. The van der Waals surface area contributed by atoms with E-state index in [1.54, 1.807) is 6.26 Å². The average molecular weight is 365 g/mol. The maximum absolute atomic E-state index is 6.16. The Morgan fingerprint density at radius 3 is 3.12 bits per heavy atom. The molecule has 0 amide bonds. The number of benzene rings is 1. The molecule has 26 heavy (non-hydrogen) atoms. The molecule has 6 heteroatoms. The molecule has 0 bridgehead atoms. The zero-order valence-electron chi connectivity index (χ0n) is 14.1. The molecule has 0 saturated heterocycles. The number of halogens is 1. The van der Waals surface area contributed by atoms with Gasteiger partial charge in [-0.15, -0.1) is 0 Å². The molecule has 5 nitrogen and oxygen atoms in total. The van der Waals surface area contributed by atoms with Gasteiger partial charge in [0.15, 0.2) is 11.6 Å². The van der Waals surface area contributed by atoms with Crippen LogP contribution in [-0.4, -0.2) is 26.4 Å². The van der Waals surface area contributed by atoms with E-state index in [0.29, 0.717) is 11.6 Å². The first-order valence-corrected chi connectivity index (χ1v) is 9.00. The number of hydrogen-bond donors (Lipinski definition) is 1. The predicted octanol–water partition coefficient (Wildman–Crippen LogP) is 4.43. The molecule has 0 spiro atoms. The van der Waals surface area contributed by atoms with Crippen LogP contribution in [-0.2, 0) is 19.5 Å². The zero-order chi connectivity index (χ0) is 17.5. The summed E-state index contributed by atoms with van der Waals surface area (Å²) in [6.45, 7) is 2.69. The fraction of sp³-hybridized carbons (Fsp3) is 0.200. The molecule has 1 aliphatic rings. The molecule has 130 valence electrons. The van der Waals surface area contributed by atoms with Crippen molar-refractivity contribution in [1.82, 2.24) is 19.9 Å². The molecule has 0 radical (unpaired) electrons. The van der Waals surface area contributed by atoms with Crippen LogP contribution in [0.15, 0.2) is 53.4 Å². The number of nitrogens with zero attached hydrogens (tertiary/aromatic N) is 3. The monoisotopic (exact) mass is 364 g/mol. The van der Waals surface area contributed by atoms with Crippen molar-refractivity contribution in [1.29, 1.82) is 0 Å². The van der Waals surface area contributed by atoms with Crippen LogP contribution in [0.5, 0.6) is 0 Å². The third-order valence-corrected chi connectivity index (χ3v) is 5.11. The molecule has 3 aromatic heterocycles. The van der Waals surface area contributed by atoms with Crippen LogP contribution >= 0.6 is 11.6 Å². The molecule has 4 aromatic rings. The van der Waals surface area contributed by atoms with Gasteiger partial charge in [0.25, 0.3) is 0 Å². The van der Waals surface area contributed by atoms with Crippen LogP contribution in [0.1, 0.15) is 16.8 Å². The van der Waals surface area contributed by atoms with Gasteiger partial charge in [0.05, 0.1) is 12.0 Å². The summed E-state index contributed by atoms with van der Waals surface area (Å²) in [7, 11) is 0. The number of hydrogen-bond acceptors (Lipinski definition) is 4. The van der Waals surface area contributed by atoms with E-state index in [1.165, 1.54) is 16.5 Å².